The van der Waals surface area contributed by atoms with Gasteiger partial charge in [-0.25, -0.2) is 0 Å². The Morgan fingerprint density at radius 3 is 2.29 bits per heavy atom. The van der Waals surface area contributed by atoms with Crippen LogP contribution < -0.4 is 10.6 Å². The molecule has 6 heteroatoms. The fourth-order valence-electron chi connectivity index (χ4n) is 1.53. The van der Waals surface area contributed by atoms with Crippen molar-refractivity contribution in [3.05, 3.63) is 0 Å². The molecule has 1 atom stereocenters. The van der Waals surface area contributed by atoms with E-state index in [-0.39, 0.29) is 30.2 Å². The predicted molar refractivity (Wildman–Crippen MR) is 82.3 cm³/mol. The van der Waals surface area contributed by atoms with E-state index in [9.17, 15) is 9.59 Å². The van der Waals surface area contributed by atoms with Gasteiger partial charge in [0.25, 0.3) is 0 Å². The van der Waals surface area contributed by atoms with Crippen molar-refractivity contribution in [2.24, 2.45) is 11.8 Å². The molecule has 0 heterocycles. The molecule has 1 unspecified atom stereocenters. The first-order valence-corrected chi connectivity index (χ1v) is 7.31. The second-order valence-corrected chi connectivity index (χ2v) is 6.20. The van der Waals surface area contributed by atoms with Gasteiger partial charge in [-0.05, 0) is 19.9 Å². The summed E-state index contributed by atoms with van der Waals surface area (Å²) in [4.78, 5) is 25.2. The molecule has 0 rings (SSSR count). The molecule has 6 nitrogen and oxygen atoms in total. The Morgan fingerprint density at radius 2 is 1.86 bits per heavy atom. The molecule has 0 aromatic rings. The van der Waals surface area contributed by atoms with Crippen molar-refractivity contribution in [1.29, 1.82) is 5.26 Å². The average Bonchev–Trinajstić information content (AvgIpc) is 2.37. The largest absolute Gasteiger partial charge is 0.355 e. The normalized spacial score (nSPS) is 13.9. The molecule has 0 aliphatic heterocycles. The van der Waals surface area contributed by atoms with Crippen molar-refractivity contribution in [2.45, 2.75) is 40.2 Å². The molecule has 120 valence electrons. The van der Waals surface area contributed by atoms with Gasteiger partial charge in [0.05, 0.1) is 12.6 Å². The zero-order valence-corrected chi connectivity index (χ0v) is 14.0. The zero-order chi connectivity index (χ0) is 16.6. The maximum Gasteiger partial charge on any atom is 0.235 e. The van der Waals surface area contributed by atoms with Crippen molar-refractivity contribution >= 4 is 11.8 Å². The molecule has 2 N–H and O–H groups in total. The molecule has 0 saturated heterocycles. The van der Waals surface area contributed by atoms with E-state index in [1.165, 1.54) is 0 Å². The van der Waals surface area contributed by atoms with Crippen LogP contribution in [0, 0.1) is 23.2 Å². The van der Waals surface area contributed by atoms with Crippen LogP contribution in [0.1, 0.15) is 34.6 Å². The molecular formula is C15H28N4O2. The smallest absolute Gasteiger partial charge is 0.235 e. The molecule has 0 fully saturated rings. The van der Waals surface area contributed by atoms with Gasteiger partial charge in [0.2, 0.25) is 11.8 Å². The van der Waals surface area contributed by atoms with Crippen molar-refractivity contribution < 1.29 is 9.59 Å². The van der Waals surface area contributed by atoms with Gasteiger partial charge in [0, 0.05) is 19.0 Å². The third-order valence-corrected chi connectivity index (χ3v) is 3.52. The maximum absolute atomic E-state index is 11.9. The van der Waals surface area contributed by atoms with E-state index in [1.807, 2.05) is 32.6 Å². The minimum atomic E-state index is -0.857. The third kappa shape index (κ3) is 7.09. The Kier molecular flexibility index (Phi) is 7.97. The van der Waals surface area contributed by atoms with Crippen LogP contribution in [0.25, 0.3) is 0 Å². The van der Waals surface area contributed by atoms with Crippen LogP contribution in [-0.4, -0.2) is 48.9 Å². The summed E-state index contributed by atoms with van der Waals surface area (Å²) in [6, 6.07) is 2.15. The van der Waals surface area contributed by atoms with Gasteiger partial charge in [-0.2, -0.15) is 5.26 Å². The van der Waals surface area contributed by atoms with Gasteiger partial charge < -0.3 is 10.6 Å². The van der Waals surface area contributed by atoms with Crippen molar-refractivity contribution in [3.63, 3.8) is 0 Å². The Hall–Kier alpha value is -1.61. The number of carbonyl (C=O) groups is 2. The molecule has 0 aromatic carbocycles. The van der Waals surface area contributed by atoms with E-state index in [0.29, 0.717) is 13.1 Å². The summed E-state index contributed by atoms with van der Waals surface area (Å²) in [7, 11) is 1.81. The van der Waals surface area contributed by atoms with Crippen molar-refractivity contribution in [2.75, 3.05) is 26.7 Å². The zero-order valence-electron chi connectivity index (χ0n) is 14.0. The lowest BCUT2D eigenvalue weighted by molar-refractivity contribution is -0.124. The minimum absolute atomic E-state index is 0.00437. The Morgan fingerprint density at radius 1 is 1.29 bits per heavy atom. The van der Waals surface area contributed by atoms with E-state index >= 15 is 0 Å². The summed E-state index contributed by atoms with van der Waals surface area (Å²) in [5.41, 5.74) is -0.857. The fourth-order valence-corrected chi connectivity index (χ4v) is 1.53. The minimum Gasteiger partial charge on any atom is -0.355 e. The standard InChI is InChI=1S/C15H28N4O2/c1-11(2)14(21)17-7-8-19(6)9-13(20)18-15(5,10-16)12(3)4/h11-12H,7-9H2,1-6H3,(H,17,21)(H,18,20). The fraction of sp³-hybridized carbons (Fsp3) is 0.800. The predicted octanol–water partition coefficient (Wildman–Crippen LogP) is 0.745. The molecular weight excluding hydrogens is 268 g/mol. The lowest BCUT2D eigenvalue weighted by Crippen LogP contribution is -2.51. The second-order valence-electron chi connectivity index (χ2n) is 6.20. The number of likely N-dealkylation sites (N-methyl/N-ethyl adjacent to an activating group) is 1. The number of amides is 2. The lowest BCUT2D eigenvalue weighted by Gasteiger charge is -2.28. The van der Waals surface area contributed by atoms with Crippen LogP contribution in [0.4, 0.5) is 0 Å². The number of nitrogens with zero attached hydrogens (tertiary/aromatic N) is 2. The van der Waals surface area contributed by atoms with Crippen molar-refractivity contribution in [3.8, 4) is 6.07 Å². The molecule has 0 radical (unpaired) electrons. The number of hydrogen-bond acceptors (Lipinski definition) is 4. The van der Waals surface area contributed by atoms with Gasteiger partial charge >= 0.3 is 0 Å². The van der Waals surface area contributed by atoms with Crippen molar-refractivity contribution in [1.82, 2.24) is 15.5 Å². The molecule has 0 bridgehead atoms. The van der Waals surface area contributed by atoms with Gasteiger partial charge in [-0.1, -0.05) is 27.7 Å². The van der Waals surface area contributed by atoms with Crippen LogP contribution in [-0.2, 0) is 9.59 Å². The van der Waals surface area contributed by atoms with Crippen LogP contribution in [0.3, 0.4) is 0 Å². The molecule has 0 aliphatic rings. The second kappa shape index (κ2) is 8.63. The Bertz CT molecular complexity index is 401. The number of nitrogens with one attached hydrogen (secondary N) is 2. The summed E-state index contributed by atoms with van der Waals surface area (Å²) >= 11 is 0. The van der Waals surface area contributed by atoms with E-state index in [1.54, 1.807) is 14.0 Å². The summed E-state index contributed by atoms with van der Waals surface area (Å²) in [6.07, 6.45) is 0. The van der Waals surface area contributed by atoms with E-state index in [2.05, 4.69) is 16.7 Å². The topological polar surface area (TPSA) is 85.2 Å². The first kappa shape index (κ1) is 19.4. The average molecular weight is 296 g/mol. The highest BCUT2D eigenvalue weighted by Gasteiger charge is 2.30. The third-order valence-electron chi connectivity index (χ3n) is 3.52. The van der Waals surface area contributed by atoms with Gasteiger partial charge in [0.15, 0.2) is 0 Å². The Balaban J connectivity index is 4.17. The summed E-state index contributed by atoms with van der Waals surface area (Å²) in [5.74, 6) is -0.196. The number of nitriles is 1. The number of rotatable bonds is 8. The summed E-state index contributed by atoms with van der Waals surface area (Å²) in [6.45, 7) is 10.5. The molecule has 2 amide bonds. The van der Waals surface area contributed by atoms with Gasteiger partial charge in [-0.3, -0.25) is 14.5 Å². The van der Waals surface area contributed by atoms with Crippen LogP contribution in [0.15, 0.2) is 0 Å². The molecule has 0 aromatic heterocycles. The first-order valence-electron chi connectivity index (χ1n) is 7.31. The SMILES string of the molecule is CC(C)C(=O)NCCN(C)CC(=O)NC(C)(C#N)C(C)C. The van der Waals surface area contributed by atoms with Crippen LogP contribution >= 0.6 is 0 Å². The van der Waals surface area contributed by atoms with Crippen LogP contribution in [0.5, 0.6) is 0 Å². The van der Waals surface area contributed by atoms with E-state index in [4.69, 9.17) is 5.26 Å². The lowest BCUT2D eigenvalue weighted by atomic mass is 9.90. The molecule has 21 heavy (non-hydrogen) atoms. The van der Waals surface area contributed by atoms with E-state index in [0.717, 1.165) is 0 Å². The molecule has 0 aliphatic carbocycles. The number of hydrogen-bond donors (Lipinski definition) is 2. The highest BCUT2D eigenvalue weighted by Crippen LogP contribution is 2.14. The summed E-state index contributed by atoms with van der Waals surface area (Å²) < 4.78 is 0. The highest BCUT2D eigenvalue weighted by molar-refractivity contribution is 5.79. The summed E-state index contributed by atoms with van der Waals surface area (Å²) in [5, 5.41) is 14.7. The number of carbonyl (C=O) groups excluding carboxylic acids is 2. The molecule has 0 spiro atoms. The highest BCUT2D eigenvalue weighted by atomic mass is 16.2. The maximum atomic E-state index is 11.9. The van der Waals surface area contributed by atoms with E-state index < -0.39 is 5.54 Å². The van der Waals surface area contributed by atoms with Gasteiger partial charge in [-0.15, -0.1) is 0 Å². The quantitative estimate of drug-likeness (QED) is 0.692. The Labute approximate surface area is 127 Å². The monoisotopic (exact) mass is 296 g/mol. The molecule has 0 saturated carbocycles. The first-order chi connectivity index (χ1) is 9.62. The van der Waals surface area contributed by atoms with Crippen LogP contribution in [0.2, 0.25) is 0 Å². The van der Waals surface area contributed by atoms with Gasteiger partial charge in [0.1, 0.15) is 5.54 Å².